The highest BCUT2D eigenvalue weighted by atomic mass is 16.3. The molecule has 4 N–H and O–H groups in total. The van der Waals surface area contributed by atoms with Gasteiger partial charge in [0, 0.05) is 17.3 Å². The minimum atomic E-state index is -0.355. The van der Waals surface area contributed by atoms with Crippen molar-refractivity contribution in [3.05, 3.63) is 118 Å². The largest absolute Gasteiger partial charge is 0.508 e. The fourth-order valence-electron chi connectivity index (χ4n) is 4.69. The van der Waals surface area contributed by atoms with Crippen molar-refractivity contribution >= 4 is 0 Å². The van der Waals surface area contributed by atoms with Crippen LogP contribution >= 0.6 is 0 Å². The molecule has 0 aliphatic carbocycles. The molecule has 0 heterocycles. The molecule has 0 saturated carbocycles. The Balaban J connectivity index is 1.70. The molecule has 4 aromatic rings. The molecule has 0 spiro atoms. The predicted octanol–water partition coefficient (Wildman–Crippen LogP) is 7.06. The normalized spacial score (nSPS) is 12.0. The first-order chi connectivity index (χ1) is 16.9. The zero-order chi connectivity index (χ0) is 26.3. The molecule has 186 valence electrons. The lowest BCUT2D eigenvalue weighted by atomic mass is 9.76. The lowest BCUT2D eigenvalue weighted by Gasteiger charge is -2.28. The molecule has 0 atom stereocenters. The first-order valence-electron chi connectivity index (χ1n) is 12.1. The molecule has 0 unspecified atom stereocenters. The Kier molecular flexibility index (Phi) is 6.48. The van der Waals surface area contributed by atoms with Crippen LogP contribution in [0.3, 0.4) is 0 Å². The molecule has 0 radical (unpaired) electrons. The van der Waals surface area contributed by atoms with Crippen LogP contribution in [0.15, 0.2) is 78.9 Å². The highest BCUT2D eigenvalue weighted by Crippen LogP contribution is 2.38. The van der Waals surface area contributed by atoms with Gasteiger partial charge in [-0.3, -0.25) is 0 Å². The van der Waals surface area contributed by atoms with Gasteiger partial charge in [0.1, 0.15) is 23.0 Å². The summed E-state index contributed by atoms with van der Waals surface area (Å²) in [5.41, 5.74) is 5.73. The fraction of sp³-hybridized carbons (Fsp3) is 0.250. The Labute approximate surface area is 213 Å². The average molecular weight is 483 g/mol. The van der Waals surface area contributed by atoms with Gasteiger partial charge in [0.25, 0.3) is 0 Å². The van der Waals surface area contributed by atoms with E-state index in [1.54, 1.807) is 30.3 Å². The second-order valence-corrected chi connectivity index (χ2v) is 10.7. The van der Waals surface area contributed by atoms with E-state index in [1.807, 2.05) is 55.5 Å². The smallest absolute Gasteiger partial charge is 0.119 e. The summed E-state index contributed by atoms with van der Waals surface area (Å²) in [5.74, 6) is 0.853. The van der Waals surface area contributed by atoms with Gasteiger partial charge in [-0.1, -0.05) is 76.2 Å². The predicted molar refractivity (Wildman–Crippen MR) is 144 cm³/mol. The molecule has 0 saturated heterocycles. The van der Waals surface area contributed by atoms with E-state index in [9.17, 15) is 20.4 Å². The highest BCUT2D eigenvalue weighted by Gasteiger charge is 2.26. The Morgan fingerprint density at radius 3 is 1.36 bits per heavy atom. The second-order valence-electron chi connectivity index (χ2n) is 10.7. The topological polar surface area (TPSA) is 80.9 Å². The summed E-state index contributed by atoms with van der Waals surface area (Å²) < 4.78 is 0. The summed E-state index contributed by atoms with van der Waals surface area (Å²) in [7, 11) is 0. The molecule has 0 aromatic heterocycles. The van der Waals surface area contributed by atoms with Crippen LogP contribution < -0.4 is 0 Å². The molecular formula is C32H34O4. The SMILES string of the molecule is Cc1cc(C(C)(C)c2ccc(O)c(Cc3cc(C(C)(C)c4ccc(O)cc4)ccc3O)c2)ccc1O. The maximum atomic E-state index is 10.7. The van der Waals surface area contributed by atoms with E-state index in [0.29, 0.717) is 6.42 Å². The van der Waals surface area contributed by atoms with Gasteiger partial charge in [0.05, 0.1) is 0 Å². The Bertz CT molecular complexity index is 1400. The molecule has 36 heavy (non-hydrogen) atoms. The van der Waals surface area contributed by atoms with E-state index in [2.05, 4.69) is 27.7 Å². The number of hydrogen-bond donors (Lipinski definition) is 4. The van der Waals surface area contributed by atoms with Gasteiger partial charge in [-0.05, 0) is 76.2 Å². The van der Waals surface area contributed by atoms with Gasteiger partial charge in [-0.2, -0.15) is 0 Å². The van der Waals surface area contributed by atoms with Crippen molar-refractivity contribution in [3.63, 3.8) is 0 Å². The van der Waals surface area contributed by atoms with Crippen LogP contribution in [0.2, 0.25) is 0 Å². The van der Waals surface area contributed by atoms with Crippen LogP contribution in [0.4, 0.5) is 0 Å². The van der Waals surface area contributed by atoms with E-state index in [0.717, 1.165) is 38.9 Å². The van der Waals surface area contributed by atoms with Crippen molar-refractivity contribution in [1.29, 1.82) is 0 Å². The van der Waals surface area contributed by atoms with Gasteiger partial charge in [-0.15, -0.1) is 0 Å². The van der Waals surface area contributed by atoms with Crippen molar-refractivity contribution in [2.24, 2.45) is 0 Å². The number of rotatable bonds is 6. The van der Waals surface area contributed by atoms with E-state index >= 15 is 0 Å². The van der Waals surface area contributed by atoms with Crippen LogP contribution in [0.1, 0.15) is 66.6 Å². The maximum absolute atomic E-state index is 10.7. The quantitative estimate of drug-likeness (QED) is 0.237. The summed E-state index contributed by atoms with van der Waals surface area (Å²) in [6.07, 6.45) is 0.371. The van der Waals surface area contributed by atoms with Crippen molar-refractivity contribution in [2.45, 2.75) is 51.9 Å². The molecule has 4 heteroatoms. The van der Waals surface area contributed by atoms with Crippen LogP contribution in [0.5, 0.6) is 23.0 Å². The van der Waals surface area contributed by atoms with Crippen LogP contribution in [0, 0.1) is 6.92 Å². The van der Waals surface area contributed by atoms with Crippen molar-refractivity contribution in [3.8, 4) is 23.0 Å². The number of hydrogen-bond acceptors (Lipinski definition) is 4. The molecule has 0 aliphatic heterocycles. The second kappa shape index (κ2) is 9.27. The number of phenolic OH excluding ortho intramolecular Hbond substituents is 4. The van der Waals surface area contributed by atoms with Gasteiger partial charge in [0.2, 0.25) is 0 Å². The molecule has 4 nitrogen and oxygen atoms in total. The summed E-state index contributed by atoms with van der Waals surface area (Å²) >= 11 is 0. The van der Waals surface area contributed by atoms with E-state index in [-0.39, 0.29) is 33.8 Å². The Morgan fingerprint density at radius 1 is 0.500 bits per heavy atom. The van der Waals surface area contributed by atoms with E-state index in [4.69, 9.17) is 0 Å². The number of aromatic hydroxyl groups is 4. The lowest BCUT2D eigenvalue weighted by molar-refractivity contribution is 0.461. The van der Waals surface area contributed by atoms with Crippen molar-refractivity contribution in [1.82, 2.24) is 0 Å². The molecule has 4 aromatic carbocycles. The standard InChI is InChI=1S/C32H34O4/c1-20-16-24(8-13-28(20)34)32(4,5)26-10-15-30(36)22(19-26)17-21-18-25(9-14-29(21)35)31(2,3)23-6-11-27(33)12-7-23/h6-16,18-19,33-36H,17H2,1-5H3. The van der Waals surface area contributed by atoms with Crippen molar-refractivity contribution in [2.75, 3.05) is 0 Å². The Hall–Kier alpha value is -3.92. The number of aryl methyl sites for hydroxylation is 1. The first-order valence-corrected chi connectivity index (χ1v) is 12.1. The molecule has 0 bridgehead atoms. The minimum absolute atomic E-state index is 0.179. The highest BCUT2D eigenvalue weighted by molar-refractivity contribution is 5.51. The number of phenols is 4. The average Bonchev–Trinajstić information content (AvgIpc) is 2.83. The third kappa shape index (κ3) is 4.76. The summed E-state index contributed by atoms with van der Waals surface area (Å²) in [4.78, 5) is 0. The van der Waals surface area contributed by atoms with Gasteiger partial charge < -0.3 is 20.4 Å². The van der Waals surface area contributed by atoms with Gasteiger partial charge in [0.15, 0.2) is 0 Å². The van der Waals surface area contributed by atoms with Gasteiger partial charge >= 0.3 is 0 Å². The van der Waals surface area contributed by atoms with E-state index in [1.165, 1.54) is 0 Å². The Morgan fingerprint density at radius 2 is 0.889 bits per heavy atom. The monoisotopic (exact) mass is 482 g/mol. The third-order valence-electron chi connectivity index (χ3n) is 7.49. The van der Waals surface area contributed by atoms with Crippen LogP contribution in [-0.2, 0) is 17.3 Å². The minimum Gasteiger partial charge on any atom is -0.508 e. The number of benzene rings is 4. The summed E-state index contributed by atoms with van der Waals surface area (Å²) in [5, 5.41) is 41.0. The first kappa shape index (κ1) is 25.2. The fourth-order valence-corrected chi connectivity index (χ4v) is 4.69. The molecule has 0 aliphatic rings. The van der Waals surface area contributed by atoms with Crippen LogP contribution in [0.25, 0.3) is 0 Å². The third-order valence-corrected chi connectivity index (χ3v) is 7.49. The maximum Gasteiger partial charge on any atom is 0.119 e. The lowest BCUT2D eigenvalue weighted by Crippen LogP contribution is -2.19. The van der Waals surface area contributed by atoms with Crippen molar-refractivity contribution < 1.29 is 20.4 Å². The molecular weight excluding hydrogens is 448 g/mol. The molecule has 0 amide bonds. The molecule has 4 rings (SSSR count). The van der Waals surface area contributed by atoms with E-state index < -0.39 is 0 Å². The molecule has 0 fully saturated rings. The summed E-state index contributed by atoms with van der Waals surface area (Å²) in [6.45, 7) is 10.3. The van der Waals surface area contributed by atoms with Gasteiger partial charge in [-0.25, -0.2) is 0 Å². The summed E-state index contributed by atoms with van der Waals surface area (Å²) in [6, 6.07) is 24.0. The zero-order valence-corrected chi connectivity index (χ0v) is 21.5. The zero-order valence-electron chi connectivity index (χ0n) is 21.5. The van der Waals surface area contributed by atoms with Crippen LogP contribution in [-0.4, -0.2) is 20.4 Å².